The van der Waals surface area contributed by atoms with Gasteiger partial charge < -0.3 is 24.8 Å². The maximum atomic E-state index is 2.55. The van der Waals surface area contributed by atoms with Crippen molar-refractivity contribution in [3.63, 3.8) is 0 Å². The van der Waals surface area contributed by atoms with Gasteiger partial charge in [-0.2, -0.15) is 0 Å². The fourth-order valence-electron chi connectivity index (χ4n) is 5.08. The molecule has 2 aliphatic carbocycles. The quantitative estimate of drug-likeness (QED) is 0.550. The van der Waals surface area contributed by atoms with E-state index in [1.165, 1.54) is 17.5 Å². The number of halogens is 2. The SMILES string of the molecule is C/[C](c1ccccc1)=[Zr+2](/[C]1=C(C(C)C)C(C(C)C)=CC1)[CH]1C=Cc2ccccc21.[Cl-].[Cl-]. The average molecular weight is 531 g/mol. The minimum absolute atomic E-state index is 0. The van der Waals surface area contributed by atoms with Gasteiger partial charge >= 0.3 is 185 Å². The predicted octanol–water partition coefficient (Wildman–Crippen LogP) is 1.52. The normalized spacial score (nSPS) is 17.3. The number of benzene rings is 2. The Hall–Kier alpha value is -1.01. The second kappa shape index (κ2) is 11.2. The molecule has 31 heavy (non-hydrogen) atoms. The predicted molar refractivity (Wildman–Crippen MR) is 124 cm³/mol. The summed E-state index contributed by atoms with van der Waals surface area (Å²) in [7, 11) is 0. The number of rotatable bonds is 5. The van der Waals surface area contributed by atoms with Gasteiger partial charge in [0, 0.05) is 0 Å². The number of fused-ring (bicyclic) bond motifs is 1. The second-order valence-corrected chi connectivity index (χ2v) is 15.8. The Labute approximate surface area is 208 Å². The van der Waals surface area contributed by atoms with Crippen LogP contribution in [0.2, 0.25) is 0 Å². The van der Waals surface area contributed by atoms with Crippen molar-refractivity contribution in [1.29, 1.82) is 0 Å². The summed E-state index contributed by atoms with van der Waals surface area (Å²) in [5, 5.41) is 0. The minimum Gasteiger partial charge on any atom is -1.00 e. The van der Waals surface area contributed by atoms with E-state index in [4.69, 9.17) is 0 Å². The molecule has 162 valence electrons. The molecule has 0 spiro atoms. The fraction of sp³-hybridized carbons (Fsp3) is 0.321. The Morgan fingerprint density at radius 3 is 2.16 bits per heavy atom. The van der Waals surface area contributed by atoms with Crippen molar-refractivity contribution in [2.24, 2.45) is 11.8 Å². The van der Waals surface area contributed by atoms with Crippen molar-refractivity contribution in [1.82, 2.24) is 0 Å². The average Bonchev–Trinajstić information content (AvgIpc) is 3.34. The molecule has 0 fully saturated rings. The van der Waals surface area contributed by atoms with E-state index in [-0.39, 0.29) is 24.8 Å². The first kappa shape index (κ1) is 26.2. The van der Waals surface area contributed by atoms with Gasteiger partial charge in [0.05, 0.1) is 0 Å². The Bertz CT molecular complexity index is 1040. The van der Waals surface area contributed by atoms with Crippen LogP contribution in [0.25, 0.3) is 6.08 Å². The van der Waals surface area contributed by atoms with Crippen molar-refractivity contribution in [3.05, 3.63) is 97.9 Å². The summed E-state index contributed by atoms with van der Waals surface area (Å²) >= 11 is -2.20. The van der Waals surface area contributed by atoms with Crippen molar-refractivity contribution < 1.29 is 46.1 Å². The molecule has 0 N–H and O–H groups in total. The molecule has 0 nitrogen and oxygen atoms in total. The molecule has 2 aromatic carbocycles. The van der Waals surface area contributed by atoms with Crippen LogP contribution in [0.5, 0.6) is 0 Å². The standard InChI is InChI=1S/C11H17.C9H7.C8H8.2ClH.Zr/c1-8(2)10-6-5-7-11(10)9(3)4;1-2-5-9-7-3-6-8(9)4-1;1-2-8-6-4-3-5-7-8;;;/h6,8-9H,5H2,1-4H3;1-7H;3-7H,1H3;2*1H;/q;;;;;+2/p-2. The van der Waals surface area contributed by atoms with Crippen LogP contribution in [-0.2, 0) is 21.3 Å². The minimum atomic E-state index is -2.20. The zero-order valence-corrected chi connectivity index (χ0v) is 23.1. The van der Waals surface area contributed by atoms with E-state index in [1.54, 1.807) is 19.9 Å². The van der Waals surface area contributed by atoms with Crippen molar-refractivity contribution in [3.8, 4) is 0 Å². The van der Waals surface area contributed by atoms with E-state index in [1.807, 2.05) is 3.28 Å². The Morgan fingerprint density at radius 1 is 0.871 bits per heavy atom. The molecule has 0 radical (unpaired) electrons. The summed E-state index contributed by atoms with van der Waals surface area (Å²) in [4.78, 5) is 0. The van der Waals surface area contributed by atoms with Crippen molar-refractivity contribution in [2.45, 2.75) is 44.7 Å². The van der Waals surface area contributed by atoms with Gasteiger partial charge in [0.25, 0.3) is 0 Å². The van der Waals surface area contributed by atoms with Crippen molar-refractivity contribution in [2.75, 3.05) is 0 Å². The summed E-state index contributed by atoms with van der Waals surface area (Å²) in [6, 6.07) is 20.2. The molecule has 1 atom stereocenters. The van der Waals surface area contributed by atoms with Crippen LogP contribution in [0.3, 0.4) is 0 Å². The fourth-order valence-corrected chi connectivity index (χ4v) is 14.1. The van der Waals surface area contributed by atoms with Gasteiger partial charge in [-0.3, -0.25) is 0 Å². The van der Waals surface area contributed by atoms with Gasteiger partial charge in [-0.15, -0.1) is 0 Å². The second-order valence-electron chi connectivity index (χ2n) is 8.94. The van der Waals surface area contributed by atoms with Crippen LogP contribution in [-0.4, -0.2) is 3.21 Å². The summed E-state index contributed by atoms with van der Waals surface area (Å²) < 4.78 is 4.13. The van der Waals surface area contributed by atoms with Gasteiger partial charge in [-0.25, -0.2) is 0 Å². The van der Waals surface area contributed by atoms with Crippen LogP contribution < -0.4 is 24.8 Å². The largest absolute Gasteiger partial charge is 1.00 e. The summed E-state index contributed by atoms with van der Waals surface area (Å²) in [6.07, 6.45) is 8.63. The monoisotopic (exact) mass is 528 g/mol. The van der Waals surface area contributed by atoms with Gasteiger partial charge in [0.15, 0.2) is 0 Å². The van der Waals surface area contributed by atoms with Crippen LogP contribution in [0, 0.1) is 11.8 Å². The number of allylic oxidation sites excluding steroid dienone is 5. The Balaban J connectivity index is 0.00000171. The first-order chi connectivity index (χ1) is 14.0. The number of hydrogen-bond acceptors (Lipinski definition) is 0. The van der Waals surface area contributed by atoms with Crippen LogP contribution in [0.15, 0.2) is 81.2 Å². The molecule has 0 saturated carbocycles. The molecule has 0 bridgehead atoms. The first-order valence-corrected chi connectivity index (χ1v) is 14.8. The zero-order valence-electron chi connectivity index (χ0n) is 19.1. The Kier molecular flexibility index (Phi) is 9.50. The molecule has 3 heteroatoms. The van der Waals surface area contributed by atoms with Crippen molar-refractivity contribution >= 4 is 9.28 Å². The summed E-state index contributed by atoms with van der Waals surface area (Å²) in [6.45, 7) is 12.0. The molecule has 0 aromatic heterocycles. The Morgan fingerprint density at radius 2 is 1.52 bits per heavy atom. The molecular formula is C28H32Cl2Zr. The van der Waals surface area contributed by atoms with Crippen LogP contribution in [0.4, 0.5) is 0 Å². The van der Waals surface area contributed by atoms with E-state index in [0.29, 0.717) is 15.5 Å². The smallest absolute Gasteiger partial charge is 1.00 e. The maximum absolute atomic E-state index is 2.55. The third-order valence-electron chi connectivity index (χ3n) is 6.41. The molecule has 1 unspecified atom stereocenters. The van der Waals surface area contributed by atoms with Gasteiger partial charge in [0.1, 0.15) is 0 Å². The van der Waals surface area contributed by atoms with E-state index >= 15 is 0 Å². The van der Waals surface area contributed by atoms with E-state index in [0.717, 1.165) is 0 Å². The molecule has 4 rings (SSSR count). The third kappa shape index (κ3) is 5.16. The molecule has 0 amide bonds. The molecular weight excluding hydrogens is 498 g/mol. The van der Waals surface area contributed by atoms with E-state index in [2.05, 4.69) is 107 Å². The number of hydrogen-bond donors (Lipinski definition) is 0. The molecule has 0 saturated heterocycles. The van der Waals surface area contributed by atoms with Crippen LogP contribution >= 0.6 is 0 Å². The third-order valence-corrected chi connectivity index (χ3v) is 14.6. The summed E-state index contributed by atoms with van der Waals surface area (Å²) in [5.74, 6) is 1.21. The molecule has 2 aliphatic rings. The van der Waals surface area contributed by atoms with Gasteiger partial charge in [-0.1, -0.05) is 0 Å². The van der Waals surface area contributed by atoms with E-state index < -0.39 is 21.3 Å². The zero-order chi connectivity index (χ0) is 20.5. The van der Waals surface area contributed by atoms with E-state index in [9.17, 15) is 0 Å². The molecule has 0 aliphatic heterocycles. The van der Waals surface area contributed by atoms with Gasteiger partial charge in [-0.05, 0) is 0 Å². The van der Waals surface area contributed by atoms with Crippen LogP contribution in [0.1, 0.15) is 61.4 Å². The first-order valence-electron chi connectivity index (χ1n) is 11.0. The topological polar surface area (TPSA) is 0 Å². The molecule has 0 heterocycles. The summed E-state index contributed by atoms with van der Waals surface area (Å²) in [5.41, 5.74) is 7.75. The maximum Gasteiger partial charge on any atom is -1.00 e. The van der Waals surface area contributed by atoms with Gasteiger partial charge in [0.2, 0.25) is 0 Å². The molecule has 2 aromatic rings.